The summed E-state index contributed by atoms with van der Waals surface area (Å²) in [4.78, 5) is 0. The number of hydrogen-bond donors (Lipinski definition) is 3. The SMILES string of the molecule is CCNC1CN(CCO)S(=O)(=O)c2sc(S(N)(=O)=O)cc21. The van der Waals surface area contributed by atoms with Crippen LogP contribution in [0.5, 0.6) is 0 Å². The number of nitrogens with two attached hydrogens (primary N) is 1. The Morgan fingerprint density at radius 2 is 2.24 bits per heavy atom. The summed E-state index contributed by atoms with van der Waals surface area (Å²) in [7, 11) is -7.76. The molecule has 0 aliphatic carbocycles. The molecular formula is C10H17N3O5S3. The van der Waals surface area contributed by atoms with E-state index in [1.165, 1.54) is 6.07 Å². The van der Waals surface area contributed by atoms with E-state index in [0.717, 1.165) is 4.31 Å². The predicted molar refractivity (Wildman–Crippen MR) is 78.0 cm³/mol. The number of aliphatic hydroxyl groups excluding tert-OH is 1. The second kappa shape index (κ2) is 5.91. The summed E-state index contributed by atoms with van der Waals surface area (Å²) in [6, 6.07) is 0.989. The van der Waals surface area contributed by atoms with Gasteiger partial charge in [-0.25, -0.2) is 22.0 Å². The monoisotopic (exact) mass is 355 g/mol. The maximum absolute atomic E-state index is 12.4. The number of rotatable bonds is 5. The van der Waals surface area contributed by atoms with Crippen molar-refractivity contribution >= 4 is 31.4 Å². The minimum atomic E-state index is -3.96. The number of thiophene rings is 1. The fraction of sp³-hybridized carbons (Fsp3) is 0.600. The predicted octanol–water partition coefficient (Wildman–Crippen LogP) is -0.957. The van der Waals surface area contributed by atoms with Gasteiger partial charge in [0.15, 0.2) is 0 Å². The van der Waals surface area contributed by atoms with Crippen LogP contribution < -0.4 is 10.5 Å². The lowest BCUT2D eigenvalue weighted by Gasteiger charge is -2.31. The molecule has 1 aromatic rings. The standard InChI is InChI=1S/C10H17N3O5S3/c1-2-12-8-6-13(3-4-14)21(17,18)10-7(8)5-9(19-10)20(11,15)16/h5,8,12,14H,2-4,6H2,1H3,(H2,11,15,16). The third-order valence-corrected chi connectivity index (χ3v) is 8.08. The maximum atomic E-state index is 12.4. The molecule has 1 unspecified atom stereocenters. The summed E-state index contributed by atoms with van der Waals surface area (Å²) in [6.45, 7) is 2.27. The number of aliphatic hydroxyl groups is 1. The number of sulfonamides is 2. The number of likely N-dealkylation sites (N-methyl/N-ethyl adjacent to an activating group) is 1. The van der Waals surface area contributed by atoms with Gasteiger partial charge in [-0.15, -0.1) is 11.3 Å². The van der Waals surface area contributed by atoms with Crippen LogP contribution >= 0.6 is 11.3 Å². The lowest BCUT2D eigenvalue weighted by atomic mass is 10.1. The van der Waals surface area contributed by atoms with Crippen molar-refractivity contribution in [1.29, 1.82) is 0 Å². The molecule has 0 amide bonds. The summed E-state index contributed by atoms with van der Waals surface area (Å²) in [5, 5.41) is 17.2. The van der Waals surface area contributed by atoms with Crippen LogP contribution in [-0.4, -0.2) is 52.5 Å². The van der Waals surface area contributed by atoms with Gasteiger partial charge >= 0.3 is 0 Å². The number of β-amino-alcohol motifs (C(OH)–C–C–N with tert-alkyl or cyclic N) is 1. The first-order valence-corrected chi connectivity index (χ1v) is 10.0. The van der Waals surface area contributed by atoms with Crippen LogP contribution in [0, 0.1) is 0 Å². The molecule has 0 spiro atoms. The van der Waals surface area contributed by atoms with Gasteiger partial charge in [0.25, 0.3) is 10.0 Å². The van der Waals surface area contributed by atoms with E-state index in [4.69, 9.17) is 10.2 Å². The molecule has 1 aliphatic rings. The lowest BCUT2D eigenvalue weighted by molar-refractivity contribution is 0.240. The van der Waals surface area contributed by atoms with Crippen LogP contribution in [0.25, 0.3) is 0 Å². The fourth-order valence-corrected chi connectivity index (χ4v) is 6.47. The van der Waals surface area contributed by atoms with Gasteiger partial charge in [-0.05, 0) is 12.6 Å². The van der Waals surface area contributed by atoms with Crippen molar-refractivity contribution in [3.63, 3.8) is 0 Å². The average Bonchev–Trinajstić information content (AvgIpc) is 2.82. The van der Waals surface area contributed by atoms with Gasteiger partial charge in [-0.2, -0.15) is 4.31 Å². The number of hydrogen-bond acceptors (Lipinski definition) is 7. The minimum Gasteiger partial charge on any atom is -0.395 e. The molecule has 0 saturated carbocycles. The zero-order valence-electron chi connectivity index (χ0n) is 11.3. The third kappa shape index (κ3) is 3.13. The zero-order chi connectivity index (χ0) is 15.8. The van der Waals surface area contributed by atoms with Crippen LogP contribution in [0.4, 0.5) is 0 Å². The number of fused-ring (bicyclic) bond motifs is 1. The molecule has 11 heteroatoms. The van der Waals surface area contributed by atoms with E-state index >= 15 is 0 Å². The molecular weight excluding hydrogens is 338 g/mol. The molecule has 120 valence electrons. The number of primary sulfonamides is 1. The maximum Gasteiger partial charge on any atom is 0.253 e. The minimum absolute atomic E-state index is 0.0304. The van der Waals surface area contributed by atoms with Gasteiger partial charge < -0.3 is 10.4 Å². The smallest absolute Gasteiger partial charge is 0.253 e. The third-order valence-electron chi connectivity index (χ3n) is 3.12. The highest BCUT2D eigenvalue weighted by molar-refractivity contribution is 7.94. The van der Waals surface area contributed by atoms with Crippen molar-refractivity contribution in [1.82, 2.24) is 9.62 Å². The topological polar surface area (TPSA) is 130 Å². The van der Waals surface area contributed by atoms with Crippen molar-refractivity contribution < 1.29 is 21.9 Å². The normalized spacial score (nSPS) is 22.1. The highest BCUT2D eigenvalue weighted by atomic mass is 32.3. The van der Waals surface area contributed by atoms with Crippen LogP contribution in [0.3, 0.4) is 0 Å². The Balaban J connectivity index is 2.59. The molecule has 0 aromatic carbocycles. The van der Waals surface area contributed by atoms with Crippen LogP contribution in [0.1, 0.15) is 18.5 Å². The molecule has 4 N–H and O–H groups in total. The van der Waals surface area contributed by atoms with Crippen molar-refractivity contribution in [3.05, 3.63) is 11.6 Å². The molecule has 1 atom stereocenters. The van der Waals surface area contributed by atoms with Crippen molar-refractivity contribution in [2.45, 2.75) is 21.4 Å². The van der Waals surface area contributed by atoms with Gasteiger partial charge in [0.05, 0.1) is 6.61 Å². The van der Waals surface area contributed by atoms with E-state index < -0.39 is 20.0 Å². The van der Waals surface area contributed by atoms with Crippen LogP contribution in [-0.2, 0) is 20.0 Å². The average molecular weight is 355 g/mol. The molecule has 0 fully saturated rings. The quantitative estimate of drug-likeness (QED) is 0.624. The molecule has 0 bridgehead atoms. The second-order valence-corrected chi connectivity index (χ2v) is 9.52. The summed E-state index contributed by atoms with van der Waals surface area (Å²) in [5.74, 6) is 0. The van der Waals surface area contributed by atoms with E-state index in [-0.39, 0.29) is 34.2 Å². The lowest BCUT2D eigenvalue weighted by Crippen LogP contribution is -2.44. The molecule has 0 saturated heterocycles. The van der Waals surface area contributed by atoms with Crippen molar-refractivity contribution in [3.8, 4) is 0 Å². The Morgan fingerprint density at radius 1 is 1.57 bits per heavy atom. The Labute approximate surface area is 127 Å². The van der Waals surface area contributed by atoms with Crippen molar-refractivity contribution in [2.24, 2.45) is 5.14 Å². The summed E-state index contributed by atoms with van der Waals surface area (Å²) in [5.41, 5.74) is 0.417. The molecule has 21 heavy (non-hydrogen) atoms. The first-order valence-electron chi connectivity index (χ1n) is 6.22. The number of nitrogens with one attached hydrogen (secondary N) is 1. The van der Waals surface area contributed by atoms with Gasteiger partial charge in [0.2, 0.25) is 10.0 Å². The largest absolute Gasteiger partial charge is 0.395 e. The van der Waals surface area contributed by atoms with E-state index in [9.17, 15) is 16.8 Å². The molecule has 2 heterocycles. The van der Waals surface area contributed by atoms with E-state index in [1.807, 2.05) is 6.92 Å². The zero-order valence-corrected chi connectivity index (χ0v) is 13.8. The Morgan fingerprint density at radius 3 is 2.76 bits per heavy atom. The highest BCUT2D eigenvalue weighted by Crippen LogP contribution is 2.39. The fourth-order valence-electron chi connectivity index (χ4n) is 2.21. The summed E-state index contributed by atoms with van der Waals surface area (Å²) < 4.78 is 48.7. The molecule has 1 aromatic heterocycles. The van der Waals surface area contributed by atoms with E-state index in [1.54, 1.807) is 0 Å². The van der Waals surface area contributed by atoms with Gasteiger partial charge in [0, 0.05) is 24.7 Å². The summed E-state index contributed by atoms with van der Waals surface area (Å²) in [6.07, 6.45) is 0. The Bertz CT molecular complexity index is 725. The second-order valence-electron chi connectivity index (χ2n) is 4.55. The highest BCUT2D eigenvalue weighted by Gasteiger charge is 2.39. The molecule has 0 radical (unpaired) electrons. The molecule has 8 nitrogen and oxygen atoms in total. The van der Waals surface area contributed by atoms with Crippen molar-refractivity contribution in [2.75, 3.05) is 26.2 Å². The molecule has 1 aliphatic heterocycles. The van der Waals surface area contributed by atoms with E-state index in [2.05, 4.69) is 5.32 Å². The van der Waals surface area contributed by atoms with E-state index in [0.29, 0.717) is 23.4 Å². The van der Waals surface area contributed by atoms with Gasteiger partial charge in [-0.1, -0.05) is 6.92 Å². The first kappa shape index (κ1) is 16.8. The van der Waals surface area contributed by atoms with Gasteiger partial charge in [0.1, 0.15) is 8.42 Å². The van der Waals surface area contributed by atoms with Gasteiger partial charge in [-0.3, -0.25) is 0 Å². The molecule has 2 rings (SSSR count). The van der Waals surface area contributed by atoms with Crippen LogP contribution in [0.15, 0.2) is 14.5 Å². The number of nitrogens with zero attached hydrogens (tertiary/aromatic N) is 1. The van der Waals surface area contributed by atoms with Crippen LogP contribution in [0.2, 0.25) is 0 Å². The Kier molecular flexibility index (Phi) is 4.73. The summed E-state index contributed by atoms with van der Waals surface area (Å²) >= 11 is 0.644. The first-order chi connectivity index (χ1) is 9.71. The Hall–Kier alpha value is -0.560.